The molecule has 1 N–H and O–H groups in total. The lowest BCUT2D eigenvalue weighted by atomic mass is 10.2. The predicted octanol–water partition coefficient (Wildman–Crippen LogP) is 3.69. The first kappa shape index (κ1) is 22.5. The first-order valence-electron chi connectivity index (χ1n) is 6.94. The van der Waals surface area contributed by atoms with Crippen molar-refractivity contribution in [2.75, 3.05) is 13.2 Å². The molecule has 0 aliphatic rings. The van der Waals surface area contributed by atoms with Crippen LogP contribution in [0.2, 0.25) is 0 Å². The molecule has 0 bridgehead atoms. The maximum Gasteiger partial charge on any atom is 0.372 e. The van der Waals surface area contributed by atoms with Crippen LogP contribution in [-0.2, 0) is 19.1 Å². The van der Waals surface area contributed by atoms with Gasteiger partial charge in [-0.05, 0) is 26.0 Å². The highest BCUT2D eigenvalue weighted by Gasteiger charge is 2.01. The third-order valence-corrected chi connectivity index (χ3v) is 2.00. The number of hydrogen-bond donors (Lipinski definition) is 1. The largest absolute Gasteiger partial charge is 0.502 e. The second-order valence-electron chi connectivity index (χ2n) is 3.74. The fraction of sp³-hybridized carbons (Fsp3) is 0.222. The molecule has 0 aliphatic carbocycles. The van der Waals surface area contributed by atoms with E-state index in [0.29, 0.717) is 6.61 Å². The lowest BCUT2D eigenvalue weighted by Crippen LogP contribution is -2.05. The third-order valence-electron chi connectivity index (χ3n) is 2.00. The number of aliphatic hydroxyl groups excluding tert-OH is 1. The van der Waals surface area contributed by atoms with Gasteiger partial charge in [-0.25, -0.2) is 9.59 Å². The maximum absolute atomic E-state index is 10.2. The minimum atomic E-state index is -0.757. The summed E-state index contributed by atoms with van der Waals surface area (Å²) < 4.78 is 8.75. The molecule has 0 aliphatic heterocycles. The molecule has 0 amide bonds. The Morgan fingerprint density at radius 1 is 1.09 bits per heavy atom. The summed E-state index contributed by atoms with van der Waals surface area (Å²) in [5.74, 6) is -1.66. The fourth-order valence-electron chi connectivity index (χ4n) is 1.00. The molecule has 0 saturated carbocycles. The van der Waals surface area contributed by atoms with Crippen LogP contribution in [0.25, 0.3) is 6.08 Å². The molecule has 0 aromatic heterocycles. The Bertz CT molecular complexity index is 491. The average Bonchev–Trinajstić information content (AvgIpc) is 2.57. The van der Waals surface area contributed by atoms with E-state index in [1.165, 1.54) is 5.56 Å². The summed E-state index contributed by atoms with van der Waals surface area (Å²) in [6.45, 7) is 13.9. The zero-order chi connectivity index (χ0) is 18.1. The Morgan fingerprint density at radius 2 is 1.61 bits per heavy atom. The highest BCUT2D eigenvalue weighted by Crippen LogP contribution is 1.97. The number of aliphatic hydroxyl groups is 1. The van der Waals surface area contributed by atoms with Crippen LogP contribution in [0.3, 0.4) is 0 Å². The smallest absolute Gasteiger partial charge is 0.372 e. The molecule has 0 radical (unpaired) electrons. The first-order valence-corrected chi connectivity index (χ1v) is 6.94. The van der Waals surface area contributed by atoms with Gasteiger partial charge in [0, 0.05) is 6.08 Å². The summed E-state index contributed by atoms with van der Waals surface area (Å²) in [5.41, 5.74) is 1.17. The summed E-state index contributed by atoms with van der Waals surface area (Å²) >= 11 is 0. The molecule has 0 heterocycles. The van der Waals surface area contributed by atoms with Crippen LogP contribution in [0, 0.1) is 0 Å². The van der Waals surface area contributed by atoms with E-state index >= 15 is 0 Å². The molecule has 1 aromatic carbocycles. The van der Waals surface area contributed by atoms with Crippen LogP contribution in [0.15, 0.2) is 61.9 Å². The van der Waals surface area contributed by atoms with Gasteiger partial charge in [0.1, 0.15) is 0 Å². The first-order chi connectivity index (χ1) is 10.9. The van der Waals surface area contributed by atoms with Gasteiger partial charge < -0.3 is 14.6 Å². The zero-order valence-electron chi connectivity index (χ0n) is 13.7. The van der Waals surface area contributed by atoms with Gasteiger partial charge in [0.05, 0.1) is 13.2 Å². The molecule has 1 rings (SSSR count). The fourth-order valence-corrected chi connectivity index (χ4v) is 1.00. The Morgan fingerprint density at radius 3 is 1.83 bits per heavy atom. The number of carbonyl (C=O) groups excluding carboxylic acids is 2. The number of benzene rings is 1. The van der Waals surface area contributed by atoms with Crippen LogP contribution in [-0.4, -0.2) is 30.3 Å². The number of ether oxygens (including phenoxy) is 2. The molecule has 0 unspecified atom stereocenters. The van der Waals surface area contributed by atoms with Crippen molar-refractivity contribution in [1.82, 2.24) is 0 Å². The predicted molar refractivity (Wildman–Crippen MR) is 91.8 cm³/mol. The zero-order valence-corrected chi connectivity index (χ0v) is 13.7. The molecule has 5 nitrogen and oxygen atoms in total. The van der Waals surface area contributed by atoms with Gasteiger partial charge in [0.15, 0.2) is 5.76 Å². The lowest BCUT2D eigenvalue weighted by Gasteiger charge is -1.95. The Balaban J connectivity index is 0. The standard InChI is InChI=1S/C8H8.C5H8O3.C5H8O2/c1-2-8-6-4-3-5-7-8;1-3-8-5(7)4(2)6;1-3-5(6)7-4-2/h2-7H,1H2;6H,2-3H2,1H3;3H,1,4H2,2H3. The summed E-state index contributed by atoms with van der Waals surface area (Å²) in [7, 11) is 0. The van der Waals surface area contributed by atoms with E-state index in [9.17, 15) is 9.59 Å². The van der Waals surface area contributed by atoms with Crippen molar-refractivity contribution in [2.24, 2.45) is 0 Å². The van der Waals surface area contributed by atoms with Crippen LogP contribution < -0.4 is 0 Å². The topological polar surface area (TPSA) is 72.8 Å². The van der Waals surface area contributed by atoms with Crippen molar-refractivity contribution in [3.8, 4) is 0 Å². The van der Waals surface area contributed by atoms with Crippen LogP contribution in [0.1, 0.15) is 19.4 Å². The van der Waals surface area contributed by atoms with E-state index in [1.54, 1.807) is 13.8 Å². The van der Waals surface area contributed by atoms with Gasteiger partial charge in [-0.2, -0.15) is 0 Å². The normalized spacial score (nSPS) is 8.09. The second kappa shape index (κ2) is 15.6. The van der Waals surface area contributed by atoms with Crippen molar-refractivity contribution >= 4 is 18.0 Å². The van der Waals surface area contributed by atoms with Crippen molar-refractivity contribution in [3.05, 3.63) is 67.5 Å². The van der Waals surface area contributed by atoms with Crippen molar-refractivity contribution in [2.45, 2.75) is 13.8 Å². The summed E-state index contributed by atoms with van der Waals surface area (Å²) in [6.07, 6.45) is 2.98. The second-order valence-corrected chi connectivity index (χ2v) is 3.74. The van der Waals surface area contributed by atoms with E-state index < -0.39 is 11.7 Å². The molecule has 126 valence electrons. The summed E-state index contributed by atoms with van der Waals surface area (Å²) in [4.78, 5) is 20.2. The van der Waals surface area contributed by atoms with Crippen molar-refractivity contribution < 1.29 is 24.2 Å². The van der Waals surface area contributed by atoms with E-state index in [0.717, 1.165) is 6.08 Å². The van der Waals surface area contributed by atoms with Gasteiger partial charge in [-0.3, -0.25) is 0 Å². The highest BCUT2D eigenvalue weighted by molar-refractivity contribution is 5.84. The van der Waals surface area contributed by atoms with E-state index in [4.69, 9.17) is 5.11 Å². The highest BCUT2D eigenvalue weighted by atomic mass is 16.5. The van der Waals surface area contributed by atoms with Crippen molar-refractivity contribution in [1.29, 1.82) is 0 Å². The number of rotatable bonds is 5. The minimum absolute atomic E-state index is 0.262. The van der Waals surface area contributed by atoms with Gasteiger partial charge in [0.25, 0.3) is 0 Å². The summed E-state index contributed by atoms with van der Waals surface area (Å²) in [5, 5.41) is 8.28. The molecule has 23 heavy (non-hydrogen) atoms. The SMILES string of the molecule is C=C(O)C(=O)OCC.C=CC(=O)OCC.C=Cc1ccccc1. The average molecular weight is 320 g/mol. The molecule has 5 heteroatoms. The number of hydrogen-bond acceptors (Lipinski definition) is 5. The molecule has 1 aromatic rings. The molecule has 0 spiro atoms. The Kier molecular flexibility index (Phi) is 15.2. The van der Waals surface area contributed by atoms with Gasteiger partial charge in [-0.15, -0.1) is 0 Å². The van der Waals surface area contributed by atoms with Crippen molar-refractivity contribution in [3.63, 3.8) is 0 Å². The number of esters is 2. The molecular weight excluding hydrogens is 296 g/mol. The van der Waals surface area contributed by atoms with E-state index in [1.807, 2.05) is 36.4 Å². The quantitative estimate of drug-likeness (QED) is 0.509. The van der Waals surface area contributed by atoms with Gasteiger partial charge >= 0.3 is 11.9 Å². The molecular formula is C18H24O5. The van der Waals surface area contributed by atoms with E-state index in [2.05, 4.69) is 29.2 Å². The monoisotopic (exact) mass is 320 g/mol. The maximum atomic E-state index is 10.2. The van der Waals surface area contributed by atoms with Crippen LogP contribution in [0.5, 0.6) is 0 Å². The van der Waals surface area contributed by atoms with Crippen LogP contribution >= 0.6 is 0 Å². The van der Waals surface area contributed by atoms with Crippen LogP contribution in [0.4, 0.5) is 0 Å². The number of carbonyl (C=O) groups is 2. The Labute approximate surface area is 137 Å². The minimum Gasteiger partial charge on any atom is -0.502 e. The van der Waals surface area contributed by atoms with Gasteiger partial charge in [-0.1, -0.05) is 49.6 Å². The summed E-state index contributed by atoms with van der Waals surface area (Å²) in [6, 6.07) is 10.0. The Hall–Kier alpha value is -2.82. The third kappa shape index (κ3) is 15.4. The lowest BCUT2D eigenvalue weighted by molar-refractivity contribution is -0.141. The molecule has 0 fully saturated rings. The molecule has 0 saturated heterocycles. The van der Waals surface area contributed by atoms with Gasteiger partial charge in [0.2, 0.25) is 0 Å². The molecule has 0 atom stereocenters. The van der Waals surface area contributed by atoms with E-state index in [-0.39, 0.29) is 12.6 Å².